The SMILES string of the molecule is CN(C)CCOc1c(N)ccc(Cc2ccccc2)c1N. The number of hydrogen-bond donors (Lipinski definition) is 2. The lowest BCUT2D eigenvalue weighted by Gasteiger charge is -2.16. The van der Waals surface area contributed by atoms with Crippen LogP contribution in [-0.4, -0.2) is 32.1 Å². The minimum atomic E-state index is 0.566. The van der Waals surface area contributed by atoms with E-state index >= 15 is 0 Å². The third-order valence-corrected chi connectivity index (χ3v) is 3.34. The van der Waals surface area contributed by atoms with Gasteiger partial charge in [-0.1, -0.05) is 36.4 Å². The zero-order valence-corrected chi connectivity index (χ0v) is 12.7. The first-order chi connectivity index (χ1) is 10.1. The van der Waals surface area contributed by atoms with Crippen LogP contribution in [0.25, 0.3) is 0 Å². The third-order valence-electron chi connectivity index (χ3n) is 3.34. The molecular formula is C17H23N3O. The molecule has 0 heterocycles. The first-order valence-corrected chi connectivity index (χ1v) is 7.06. The van der Waals surface area contributed by atoms with Crippen LogP contribution in [-0.2, 0) is 6.42 Å². The van der Waals surface area contributed by atoms with E-state index < -0.39 is 0 Å². The van der Waals surface area contributed by atoms with Gasteiger partial charge in [0.25, 0.3) is 0 Å². The molecule has 0 spiro atoms. The Morgan fingerprint density at radius 2 is 1.71 bits per heavy atom. The van der Waals surface area contributed by atoms with Gasteiger partial charge in [0, 0.05) is 6.54 Å². The van der Waals surface area contributed by atoms with Crippen molar-refractivity contribution in [3.8, 4) is 5.75 Å². The number of likely N-dealkylation sites (N-methyl/N-ethyl adjacent to an activating group) is 1. The maximum atomic E-state index is 6.23. The van der Waals surface area contributed by atoms with Crippen LogP contribution in [0, 0.1) is 0 Å². The molecule has 0 aromatic heterocycles. The van der Waals surface area contributed by atoms with E-state index in [1.165, 1.54) is 5.56 Å². The zero-order chi connectivity index (χ0) is 15.2. The molecule has 4 heteroatoms. The molecule has 2 aromatic rings. The number of anilines is 2. The average Bonchev–Trinajstić information content (AvgIpc) is 2.46. The van der Waals surface area contributed by atoms with Gasteiger partial charge in [-0.3, -0.25) is 0 Å². The lowest BCUT2D eigenvalue weighted by atomic mass is 10.0. The highest BCUT2D eigenvalue weighted by molar-refractivity contribution is 5.71. The van der Waals surface area contributed by atoms with Gasteiger partial charge in [0.05, 0.1) is 11.4 Å². The summed E-state index contributed by atoms with van der Waals surface area (Å²) in [4.78, 5) is 2.06. The Labute approximate surface area is 126 Å². The smallest absolute Gasteiger partial charge is 0.165 e. The fourth-order valence-electron chi connectivity index (χ4n) is 2.12. The number of rotatable bonds is 6. The summed E-state index contributed by atoms with van der Waals surface area (Å²) in [5, 5.41) is 0. The van der Waals surface area contributed by atoms with Crippen LogP contribution >= 0.6 is 0 Å². The van der Waals surface area contributed by atoms with Crippen molar-refractivity contribution >= 4 is 11.4 Å². The monoisotopic (exact) mass is 285 g/mol. The molecule has 2 rings (SSSR count). The maximum Gasteiger partial charge on any atom is 0.165 e. The van der Waals surface area contributed by atoms with Gasteiger partial charge in [0.1, 0.15) is 6.61 Å². The van der Waals surface area contributed by atoms with Crippen LogP contribution in [0.4, 0.5) is 11.4 Å². The van der Waals surface area contributed by atoms with Gasteiger partial charge in [-0.2, -0.15) is 0 Å². The molecule has 4 N–H and O–H groups in total. The van der Waals surface area contributed by atoms with Crippen LogP contribution in [0.5, 0.6) is 5.75 Å². The number of nitrogens with zero attached hydrogens (tertiary/aromatic N) is 1. The Hall–Kier alpha value is -2.20. The number of nitrogens with two attached hydrogens (primary N) is 2. The standard InChI is InChI=1S/C17H23N3O/c1-20(2)10-11-21-17-15(18)9-8-14(16(17)19)12-13-6-4-3-5-7-13/h3-9H,10-12,18-19H2,1-2H3. The molecular weight excluding hydrogens is 262 g/mol. The molecule has 0 bridgehead atoms. The van der Waals surface area contributed by atoms with Crippen molar-refractivity contribution in [2.75, 3.05) is 38.7 Å². The number of nitrogen functional groups attached to an aromatic ring is 2. The first-order valence-electron chi connectivity index (χ1n) is 7.06. The second-order valence-electron chi connectivity index (χ2n) is 5.37. The zero-order valence-electron chi connectivity index (χ0n) is 12.7. The normalized spacial score (nSPS) is 10.8. The number of benzene rings is 2. The summed E-state index contributed by atoms with van der Waals surface area (Å²) >= 11 is 0. The van der Waals surface area contributed by atoms with E-state index in [1.807, 2.05) is 44.4 Å². The molecule has 0 saturated carbocycles. The molecule has 21 heavy (non-hydrogen) atoms. The fourth-order valence-corrected chi connectivity index (χ4v) is 2.12. The van der Waals surface area contributed by atoms with E-state index in [1.54, 1.807) is 0 Å². The van der Waals surface area contributed by atoms with E-state index in [0.717, 1.165) is 18.5 Å². The predicted molar refractivity (Wildman–Crippen MR) is 88.6 cm³/mol. The predicted octanol–water partition coefficient (Wildman–Crippen LogP) is 2.38. The largest absolute Gasteiger partial charge is 0.488 e. The molecule has 2 aromatic carbocycles. The van der Waals surface area contributed by atoms with Crippen molar-refractivity contribution in [2.24, 2.45) is 0 Å². The Kier molecular flexibility index (Phi) is 5.06. The van der Waals surface area contributed by atoms with Crippen LogP contribution in [0.3, 0.4) is 0 Å². The molecule has 0 aliphatic carbocycles. The van der Waals surface area contributed by atoms with Crippen molar-refractivity contribution in [2.45, 2.75) is 6.42 Å². The van der Waals surface area contributed by atoms with Crippen LogP contribution in [0.15, 0.2) is 42.5 Å². The van der Waals surface area contributed by atoms with E-state index in [0.29, 0.717) is 23.7 Å². The van der Waals surface area contributed by atoms with Gasteiger partial charge in [-0.15, -0.1) is 0 Å². The summed E-state index contributed by atoms with van der Waals surface area (Å²) < 4.78 is 5.77. The topological polar surface area (TPSA) is 64.5 Å². The molecule has 0 amide bonds. The van der Waals surface area contributed by atoms with E-state index in [-0.39, 0.29) is 0 Å². The third kappa shape index (κ3) is 4.13. The Bertz CT molecular complexity index is 582. The lowest BCUT2D eigenvalue weighted by Crippen LogP contribution is -2.20. The van der Waals surface area contributed by atoms with Crippen molar-refractivity contribution in [1.29, 1.82) is 0 Å². The molecule has 0 aliphatic rings. The number of hydrogen-bond acceptors (Lipinski definition) is 4. The van der Waals surface area contributed by atoms with Crippen LogP contribution in [0.1, 0.15) is 11.1 Å². The van der Waals surface area contributed by atoms with Gasteiger partial charge in [-0.05, 0) is 37.7 Å². The lowest BCUT2D eigenvalue weighted by molar-refractivity contribution is 0.263. The van der Waals surface area contributed by atoms with Crippen molar-refractivity contribution < 1.29 is 4.74 Å². The summed E-state index contributed by atoms with van der Waals surface area (Å²) in [5.74, 6) is 0.602. The molecule has 0 saturated heterocycles. The van der Waals surface area contributed by atoms with Crippen molar-refractivity contribution in [3.63, 3.8) is 0 Å². The minimum absolute atomic E-state index is 0.566. The fraction of sp³-hybridized carbons (Fsp3) is 0.294. The molecule has 0 unspecified atom stereocenters. The highest BCUT2D eigenvalue weighted by atomic mass is 16.5. The minimum Gasteiger partial charge on any atom is -0.488 e. The van der Waals surface area contributed by atoms with Gasteiger partial charge in [0.2, 0.25) is 0 Å². The highest BCUT2D eigenvalue weighted by Crippen LogP contribution is 2.33. The van der Waals surface area contributed by atoms with E-state index in [9.17, 15) is 0 Å². The van der Waals surface area contributed by atoms with Gasteiger partial charge >= 0.3 is 0 Å². The Morgan fingerprint density at radius 1 is 1.00 bits per heavy atom. The summed E-state index contributed by atoms with van der Waals surface area (Å²) in [6, 6.07) is 14.1. The van der Waals surface area contributed by atoms with Gasteiger partial charge in [0.15, 0.2) is 5.75 Å². The molecule has 0 radical (unpaired) electrons. The highest BCUT2D eigenvalue weighted by Gasteiger charge is 2.11. The maximum absolute atomic E-state index is 6.23. The van der Waals surface area contributed by atoms with Gasteiger partial charge < -0.3 is 21.1 Å². The summed E-state index contributed by atoms with van der Waals surface area (Å²) in [6.07, 6.45) is 0.775. The van der Waals surface area contributed by atoms with E-state index in [2.05, 4.69) is 17.0 Å². The van der Waals surface area contributed by atoms with Crippen LogP contribution in [0.2, 0.25) is 0 Å². The number of ether oxygens (including phenoxy) is 1. The Balaban J connectivity index is 2.16. The van der Waals surface area contributed by atoms with Crippen molar-refractivity contribution in [3.05, 3.63) is 53.6 Å². The first kappa shape index (κ1) is 15.2. The average molecular weight is 285 g/mol. The van der Waals surface area contributed by atoms with E-state index in [4.69, 9.17) is 16.2 Å². The molecule has 0 fully saturated rings. The quantitative estimate of drug-likeness (QED) is 0.800. The molecule has 0 aliphatic heterocycles. The molecule has 112 valence electrons. The van der Waals surface area contributed by atoms with Crippen molar-refractivity contribution in [1.82, 2.24) is 4.90 Å². The second kappa shape index (κ2) is 6.99. The summed E-state index contributed by atoms with van der Waals surface area (Å²) in [6.45, 7) is 1.39. The summed E-state index contributed by atoms with van der Waals surface area (Å²) in [5.41, 5.74) is 15.7. The molecule has 0 atom stereocenters. The van der Waals surface area contributed by atoms with Gasteiger partial charge in [-0.25, -0.2) is 0 Å². The summed E-state index contributed by atoms with van der Waals surface area (Å²) in [7, 11) is 4.00. The Morgan fingerprint density at radius 3 is 2.38 bits per heavy atom. The molecule has 4 nitrogen and oxygen atoms in total. The second-order valence-corrected chi connectivity index (χ2v) is 5.37. The van der Waals surface area contributed by atoms with Crippen LogP contribution < -0.4 is 16.2 Å².